The monoisotopic (exact) mass is 676 g/mol. The Bertz CT molecular complexity index is 2170. The summed E-state index contributed by atoms with van der Waals surface area (Å²) < 4.78 is 9.87. The predicted molar refractivity (Wildman–Crippen MR) is 211 cm³/mol. The molecule has 1 spiro atoms. The molecule has 0 amide bonds. The van der Waals surface area contributed by atoms with Crippen molar-refractivity contribution in [3.8, 4) is 22.6 Å². The maximum Gasteiger partial charge on any atom is 0.214 e. The maximum absolute atomic E-state index is 6.84. The van der Waals surface area contributed by atoms with E-state index in [1.807, 2.05) is 0 Å². The van der Waals surface area contributed by atoms with Gasteiger partial charge in [-0.1, -0.05) is 129 Å². The number of pyridine rings is 1. The van der Waals surface area contributed by atoms with E-state index in [0.29, 0.717) is 17.8 Å². The summed E-state index contributed by atoms with van der Waals surface area (Å²) in [5.74, 6) is 5.39. The van der Waals surface area contributed by atoms with Gasteiger partial charge in [-0.25, -0.2) is 0 Å². The number of nitrogens with zero attached hydrogens (tertiary/aromatic N) is 1. The highest BCUT2D eigenvalue weighted by atomic mass is 16.3. The highest BCUT2D eigenvalue weighted by molar-refractivity contribution is 5.98. The molecule has 3 heterocycles. The summed E-state index contributed by atoms with van der Waals surface area (Å²) in [5, 5.41) is 2.73. The number of hydrogen-bond donors (Lipinski definition) is 0. The molecule has 51 heavy (non-hydrogen) atoms. The van der Waals surface area contributed by atoms with Crippen molar-refractivity contribution in [1.29, 1.82) is 0 Å². The first-order chi connectivity index (χ1) is 24.6. The average Bonchev–Trinajstić information content (AvgIpc) is 3.73. The predicted octanol–water partition coefficient (Wildman–Crippen LogP) is 12.9. The number of para-hydroxylation sites is 2. The van der Waals surface area contributed by atoms with Gasteiger partial charge in [0.15, 0.2) is 0 Å². The molecule has 3 saturated carbocycles. The molecule has 0 radical (unpaired) electrons. The van der Waals surface area contributed by atoms with Crippen molar-refractivity contribution in [2.45, 2.75) is 129 Å². The van der Waals surface area contributed by atoms with Crippen LogP contribution in [-0.2, 0) is 16.4 Å². The van der Waals surface area contributed by atoms with Crippen molar-refractivity contribution in [2.24, 2.45) is 35.5 Å². The van der Waals surface area contributed by atoms with E-state index in [4.69, 9.17) is 4.42 Å². The Morgan fingerprint density at radius 2 is 1.33 bits per heavy atom. The molecule has 2 atom stereocenters. The van der Waals surface area contributed by atoms with Gasteiger partial charge in [0, 0.05) is 51.5 Å². The smallest absolute Gasteiger partial charge is 0.214 e. The van der Waals surface area contributed by atoms with Crippen molar-refractivity contribution < 1.29 is 8.98 Å². The Hall–Kier alpha value is -3.39. The van der Waals surface area contributed by atoms with E-state index in [-0.39, 0.29) is 16.4 Å². The minimum Gasteiger partial charge on any atom is -0.456 e. The second kappa shape index (κ2) is 11.1. The molecule has 3 fully saturated rings. The minimum atomic E-state index is -0.179. The number of hydrogen-bond acceptors (Lipinski definition) is 1. The van der Waals surface area contributed by atoms with E-state index in [1.165, 1.54) is 108 Å². The van der Waals surface area contributed by atoms with Crippen LogP contribution in [0.3, 0.4) is 0 Å². The fourth-order valence-electron chi connectivity index (χ4n) is 13.4. The van der Waals surface area contributed by atoms with Crippen molar-refractivity contribution in [3.63, 3.8) is 0 Å². The van der Waals surface area contributed by atoms with Gasteiger partial charge in [-0.3, -0.25) is 0 Å². The standard InChI is InChI=1S/C49H58NO/c1-29(2)40-42(30-18-10-8-11-19-30)49(43(40)31-20-12-9-13-21-31)35-27-26-34-44(48(6,7)45-33-23-15-17-25-39(33)51-46(34)45)41(35)38-28-36(47(3,4)5)32-22-14-16-24-37(32)50(38)49/h14-17,22-31,40,42-43H,8-13,18-21H2,1-7H3/q+1. The number of fused-ring (bicyclic) bond motifs is 13. The molecule has 0 bridgehead atoms. The zero-order valence-corrected chi connectivity index (χ0v) is 32.2. The van der Waals surface area contributed by atoms with Gasteiger partial charge in [0.05, 0.1) is 10.9 Å². The second-order valence-electron chi connectivity index (χ2n) is 19.4. The number of benzene rings is 3. The minimum absolute atomic E-state index is 0.0201. The topological polar surface area (TPSA) is 17.0 Å². The molecular weight excluding hydrogens is 619 g/mol. The summed E-state index contributed by atoms with van der Waals surface area (Å²) in [6, 6.07) is 26.2. The molecule has 0 saturated heterocycles. The zero-order valence-electron chi connectivity index (χ0n) is 32.2. The summed E-state index contributed by atoms with van der Waals surface area (Å²) in [6.07, 6.45) is 14.0. The summed E-state index contributed by atoms with van der Waals surface area (Å²) in [7, 11) is 0. The molecule has 2 unspecified atom stereocenters. The Morgan fingerprint density at radius 3 is 1.96 bits per heavy atom. The van der Waals surface area contributed by atoms with Gasteiger partial charge in [-0.05, 0) is 78.0 Å². The van der Waals surface area contributed by atoms with E-state index >= 15 is 0 Å². The van der Waals surface area contributed by atoms with Crippen LogP contribution in [0.15, 0.2) is 71.1 Å². The highest BCUT2D eigenvalue weighted by Gasteiger charge is 2.76. The molecule has 0 N–H and O–H groups in total. The van der Waals surface area contributed by atoms with Crippen LogP contribution in [0.4, 0.5) is 0 Å². The fraction of sp³-hybridized carbons (Fsp3) is 0.531. The summed E-state index contributed by atoms with van der Waals surface area (Å²) in [5.41, 5.74) is 12.7. The molecule has 264 valence electrons. The van der Waals surface area contributed by atoms with Crippen molar-refractivity contribution in [1.82, 2.24) is 0 Å². The molecule has 2 aromatic heterocycles. The van der Waals surface area contributed by atoms with Gasteiger partial charge >= 0.3 is 0 Å². The summed E-state index contributed by atoms with van der Waals surface area (Å²) in [4.78, 5) is 0. The lowest BCUT2D eigenvalue weighted by Crippen LogP contribution is -2.77. The number of furan rings is 1. The lowest BCUT2D eigenvalue weighted by Gasteiger charge is -2.63. The largest absolute Gasteiger partial charge is 0.456 e. The first kappa shape index (κ1) is 32.3. The number of aromatic nitrogens is 1. The van der Waals surface area contributed by atoms with Crippen LogP contribution >= 0.6 is 0 Å². The van der Waals surface area contributed by atoms with E-state index in [2.05, 4.69) is 120 Å². The van der Waals surface area contributed by atoms with E-state index in [9.17, 15) is 0 Å². The Balaban J connectivity index is 1.36. The summed E-state index contributed by atoms with van der Waals surface area (Å²) in [6.45, 7) is 17.4. The molecule has 10 rings (SSSR count). The van der Waals surface area contributed by atoms with Crippen LogP contribution in [0.1, 0.15) is 135 Å². The lowest BCUT2D eigenvalue weighted by molar-refractivity contribution is -0.758. The average molecular weight is 677 g/mol. The molecule has 1 aliphatic heterocycles. The van der Waals surface area contributed by atoms with Gasteiger partial charge in [0.1, 0.15) is 11.3 Å². The van der Waals surface area contributed by atoms with Gasteiger partial charge < -0.3 is 4.42 Å². The third-order valence-corrected chi connectivity index (χ3v) is 15.0. The van der Waals surface area contributed by atoms with Crippen LogP contribution in [0.2, 0.25) is 0 Å². The maximum atomic E-state index is 6.84. The fourth-order valence-corrected chi connectivity index (χ4v) is 13.4. The van der Waals surface area contributed by atoms with E-state index in [0.717, 1.165) is 29.1 Å². The highest BCUT2D eigenvalue weighted by Crippen LogP contribution is 2.71. The van der Waals surface area contributed by atoms with Crippen LogP contribution in [0.25, 0.3) is 44.5 Å². The Kier molecular flexibility index (Phi) is 7.00. The Morgan fingerprint density at radius 1 is 0.725 bits per heavy atom. The summed E-state index contributed by atoms with van der Waals surface area (Å²) >= 11 is 0. The molecule has 2 heteroatoms. The third-order valence-electron chi connectivity index (χ3n) is 15.0. The lowest BCUT2D eigenvalue weighted by atomic mass is 9.39. The molecule has 2 nitrogen and oxygen atoms in total. The molecule has 3 aromatic carbocycles. The third kappa shape index (κ3) is 4.14. The van der Waals surface area contributed by atoms with Gasteiger partial charge in [0.2, 0.25) is 16.7 Å². The first-order valence-electron chi connectivity index (χ1n) is 20.8. The first-order valence-corrected chi connectivity index (χ1v) is 20.8. The van der Waals surface area contributed by atoms with Crippen molar-refractivity contribution >= 4 is 21.9 Å². The van der Waals surface area contributed by atoms with E-state index < -0.39 is 0 Å². The molecule has 5 aliphatic rings. The van der Waals surface area contributed by atoms with Crippen LogP contribution in [0, 0.1) is 35.5 Å². The van der Waals surface area contributed by atoms with Crippen LogP contribution in [-0.4, -0.2) is 0 Å². The van der Waals surface area contributed by atoms with Gasteiger partial charge in [-0.2, -0.15) is 4.57 Å². The molecule has 5 aromatic rings. The van der Waals surface area contributed by atoms with Crippen LogP contribution in [0.5, 0.6) is 0 Å². The SMILES string of the molecule is CC(C)C1C(C2CCCCC2)C2(c3ccc4c(c3-c3cc(C(C)(C)C)c5ccccc5[n+]32)C(C)(C)c2c-4oc3ccccc23)C1C1CCCCC1. The van der Waals surface area contributed by atoms with Crippen molar-refractivity contribution in [3.05, 3.63) is 89.0 Å². The quantitative estimate of drug-likeness (QED) is 0.174. The Labute approximate surface area is 306 Å². The van der Waals surface area contributed by atoms with Gasteiger partial charge in [-0.15, -0.1) is 0 Å². The van der Waals surface area contributed by atoms with Gasteiger partial charge in [0.25, 0.3) is 0 Å². The molecule has 4 aliphatic carbocycles. The number of rotatable bonds is 3. The van der Waals surface area contributed by atoms with Crippen LogP contribution < -0.4 is 4.57 Å². The second-order valence-corrected chi connectivity index (χ2v) is 19.4. The zero-order chi connectivity index (χ0) is 35.0. The van der Waals surface area contributed by atoms with E-state index in [1.54, 1.807) is 11.1 Å². The molecular formula is C49H58NO+. The van der Waals surface area contributed by atoms with Crippen molar-refractivity contribution in [2.75, 3.05) is 0 Å². The normalized spacial score (nSPS) is 27.2.